The molecule has 0 saturated carbocycles. The number of hydrogen-bond donors (Lipinski definition) is 2. The molecule has 0 fully saturated rings. The Hall–Kier alpha value is -3.42. The van der Waals surface area contributed by atoms with Gasteiger partial charge in [0.1, 0.15) is 0 Å². The highest BCUT2D eigenvalue weighted by molar-refractivity contribution is 6.09. The lowest BCUT2D eigenvalue weighted by Gasteiger charge is -2.20. The Bertz CT molecular complexity index is 1210. The van der Waals surface area contributed by atoms with Crippen molar-refractivity contribution in [2.75, 3.05) is 11.9 Å². The van der Waals surface area contributed by atoms with E-state index in [1.807, 2.05) is 25.1 Å². The molecular formula is C23H20F3N3O2. The quantitative estimate of drug-likeness (QED) is 0.613. The third-order valence-corrected chi connectivity index (χ3v) is 5.36. The highest BCUT2D eigenvalue weighted by atomic mass is 19.2. The molecule has 2 amide bonds. The number of anilines is 1. The molecule has 0 radical (unpaired) electrons. The summed E-state index contributed by atoms with van der Waals surface area (Å²) in [7, 11) is 0. The van der Waals surface area contributed by atoms with E-state index in [4.69, 9.17) is 4.98 Å². The molecule has 3 aromatic rings. The van der Waals surface area contributed by atoms with Crippen LogP contribution >= 0.6 is 0 Å². The summed E-state index contributed by atoms with van der Waals surface area (Å²) in [5.41, 5.74) is 3.46. The van der Waals surface area contributed by atoms with Gasteiger partial charge in [0.25, 0.3) is 5.91 Å². The van der Waals surface area contributed by atoms with Crippen LogP contribution in [0.4, 0.5) is 18.9 Å². The predicted molar refractivity (Wildman–Crippen MR) is 110 cm³/mol. The molecule has 0 atom stereocenters. The summed E-state index contributed by atoms with van der Waals surface area (Å²) >= 11 is 0. The first-order valence-corrected chi connectivity index (χ1v) is 9.99. The summed E-state index contributed by atoms with van der Waals surface area (Å²) in [4.78, 5) is 30.0. The first kappa shape index (κ1) is 20.8. The van der Waals surface area contributed by atoms with Gasteiger partial charge in [0.15, 0.2) is 17.5 Å². The van der Waals surface area contributed by atoms with Gasteiger partial charge in [-0.15, -0.1) is 0 Å². The molecule has 5 nitrogen and oxygen atoms in total. The fourth-order valence-corrected chi connectivity index (χ4v) is 3.86. The maximum absolute atomic E-state index is 13.8. The van der Waals surface area contributed by atoms with Crippen molar-refractivity contribution in [3.05, 3.63) is 70.2 Å². The number of nitrogens with zero attached hydrogens (tertiary/aromatic N) is 1. The summed E-state index contributed by atoms with van der Waals surface area (Å²) < 4.78 is 40.1. The van der Waals surface area contributed by atoms with E-state index in [1.165, 1.54) is 0 Å². The molecule has 0 bridgehead atoms. The second kappa shape index (κ2) is 8.37. The minimum absolute atomic E-state index is 0.433. The largest absolute Gasteiger partial charge is 0.343 e. The van der Waals surface area contributed by atoms with E-state index in [0.29, 0.717) is 22.5 Å². The molecule has 1 aromatic heterocycles. The van der Waals surface area contributed by atoms with Gasteiger partial charge in [0.05, 0.1) is 23.3 Å². The number of fused-ring (bicyclic) bond motifs is 2. The summed E-state index contributed by atoms with van der Waals surface area (Å²) in [5.74, 6) is -5.72. The van der Waals surface area contributed by atoms with Gasteiger partial charge in [-0.05, 0) is 62.4 Å². The highest BCUT2D eigenvalue weighted by Gasteiger charge is 2.23. The SMILES string of the molecule is Cc1ccc2nc3c(c(C(=O)NCC(=O)Nc4ccc(F)c(F)c4F)c2c1)CCCC3. The molecule has 1 aliphatic rings. The van der Waals surface area contributed by atoms with Crippen molar-refractivity contribution in [2.45, 2.75) is 32.6 Å². The lowest BCUT2D eigenvalue weighted by atomic mass is 9.89. The minimum atomic E-state index is -1.67. The van der Waals surface area contributed by atoms with Gasteiger partial charge in [-0.2, -0.15) is 0 Å². The van der Waals surface area contributed by atoms with Crippen molar-refractivity contribution in [3.63, 3.8) is 0 Å². The van der Waals surface area contributed by atoms with E-state index < -0.39 is 41.5 Å². The molecule has 0 unspecified atom stereocenters. The van der Waals surface area contributed by atoms with Gasteiger partial charge < -0.3 is 10.6 Å². The topological polar surface area (TPSA) is 71.1 Å². The molecule has 1 heterocycles. The Labute approximate surface area is 176 Å². The Kier molecular flexibility index (Phi) is 5.63. The summed E-state index contributed by atoms with van der Waals surface area (Å²) in [6, 6.07) is 7.32. The normalized spacial score (nSPS) is 13.0. The molecule has 1 aliphatic carbocycles. The number of carbonyl (C=O) groups is 2. The van der Waals surface area contributed by atoms with Gasteiger partial charge in [-0.1, -0.05) is 11.6 Å². The van der Waals surface area contributed by atoms with E-state index >= 15 is 0 Å². The van der Waals surface area contributed by atoms with Gasteiger partial charge in [0, 0.05) is 11.1 Å². The molecule has 2 aromatic carbocycles. The molecule has 4 rings (SSSR count). The van der Waals surface area contributed by atoms with Crippen LogP contribution in [-0.4, -0.2) is 23.3 Å². The summed E-state index contributed by atoms with van der Waals surface area (Å²) in [6.45, 7) is 1.46. The van der Waals surface area contributed by atoms with Crippen molar-refractivity contribution >= 4 is 28.4 Å². The van der Waals surface area contributed by atoms with E-state index in [0.717, 1.165) is 48.6 Å². The van der Waals surface area contributed by atoms with Gasteiger partial charge >= 0.3 is 0 Å². The average molecular weight is 427 g/mol. The number of amides is 2. The zero-order valence-electron chi connectivity index (χ0n) is 16.8. The number of hydrogen-bond acceptors (Lipinski definition) is 3. The van der Waals surface area contributed by atoms with Gasteiger partial charge in [-0.3, -0.25) is 14.6 Å². The lowest BCUT2D eigenvalue weighted by Crippen LogP contribution is -2.34. The number of benzene rings is 2. The monoisotopic (exact) mass is 427 g/mol. The van der Waals surface area contributed by atoms with Gasteiger partial charge in [0.2, 0.25) is 5.91 Å². The number of carbonyl (C=O) groups excluding carboxylic acids is 2. The molecule has 8 heteroatoms. The molecular weight excluding hydrogens is 407 g/mol. The van der Waals surface area contributed by atoms with Crippen LogP contribution in [0, 0.1) is 24.4 Å². The zero-order valence-corrected chi connectivity index (χ0v) is 16.8. The van der Waals surface area contributed by atoms with Gasteiger partial charge in [-0.25, -0.2) is 13.2 Å². The zero-order chi connectivity index (χ0) is 22.1. The summed E-state index contributed by atoms with van der Waals surface area (Å²) in [5, 5.41) is 5.42. The van der Waals surface area contributed by atoms with E-state index in [2.05, 4.69) is 10.6 Å². The van der Waals surface area contributed by atoms with E-state index in [1.54, 1.807) is 0 Å². The van der Waals surface area contributed by atoms with Crippen LogP contribution in [0.2, 0.25) is 0 Å². The van der Waals surface area contributed by atoms with Crippen molar-refractivity contribution in [1.82, 2.24) is 10.3 Å². The van der Waals surface area contributed by atoms with Crippen molar-refractivity contribution < 1.29 is 22.8 Å². The number of rotatable bonds is 4. The first-order valence-electron chi connectivity index (χ1n) is 9.99. The number of pyridine rings is 1. The van der Waals surface area contributed by atoms with Crippen LogP contribution < -0.4 is 10.6 Å². The smallest absolute Gasteiger partial charge is 0.252 e. The molecule has 160 valence electrons. The predicted octanol–water partition coefficient (Wildman–Crippen LogP) is 4.21. The third-order valence-electron chi connectivity index (χ3n) is 5.36. The number of aromatic nitrogens is 1. The van der Waals surface area contributed by atoms with Crippen LogP contribution in [-0.2, 0) is 17.6 Å². The van der Waals surface area contributed by atoms with E-state index in [9.17, 15) is 22.8 Å². The summed E-state index contributed by atoms with van der Waals surface area (Å²) in [6.07, 6.45) is 3.46. The molecule has 0 aliphatic heterocycles. The Morgan fingerprint density at radius 1 is 1.03 bits per heavy atom. The fourth-order valence-electron chi connectivity index (χ4n) is 3.86. The number of nitrogens with one attached hydrogen (secondary N) is 2. The van der Waals surface area contributed by atoms with Crippen LogP contribution in [0.25, 0.3) is 10.9 Å². The van der Waals surface area contributed by atoms with Crippen molar-refractivity contribution in [1.29, 1.82) is 0 Å². The Balaban J connectivity index is 1.57. The third kappa shape index (κ3) is 4.10. The van der Waals surface area contributed by atoms with Crippen LogP contribution in [0.5, 0.6) is 0 Å². The number of halogens is 3. The van der Waals surface area contributed by atoms with Crippen molar-refractivity contribution in [2.24, 2.45) is 0 Å². The first-order chi connectivity index (χ1) is 14.8. The maximum Gasteiger partial charge on any atom is 0.252 e. The van der Waals surface area contributed by atoms with E-state index in [-0.39, 0.29) is 0 Å². The van der Waals surface area contributed by atoms with Crippen LogP contribution in [0.15, 0.2) is 30.3 Å². The fraction of sp³-hybridized carbons (Fsp3) is 0.261. The Morgan fingerprint density at radius 2 is 1.81 bits per heavy atom. The molecule has 0 saturated heterocycles. The standard InChI is InChI=1S/C23H20F3N3O2/c1-12-6-8-17-14(10-12)20(13-4-2-3-5-16(13)28-17)23(31)27-11-19(30)29-18-9-7-15(24)21(25)22(18)26/h6-10H,2-5,11H2,1H3,(H,27,31)(H,29,30). The maximum atomic E-state index is 13.8. The van der Waals surface area contributed by atoms with Crippen LogP contribution in [0.3, 0.4) is 0 Å². The minimum Gasteiger partial charge on any atom is -0.343 e. The molecule has 0 spiro atoms. The number of aryl methyl sites for hydroxylation is 2. The second-order valence-corrected chi connectivity index (χ2v) is 7.59. The lowest BCUT2D eigenvalue weighted by molar-refractivity contribution is -0.115. The van der Waals surface area contributed by atoms with Crippen molar-refractivity contribution in [3.8, 4) is 0 Å². The highest BCUT2D eigenvalue weighted by Crippen LogP contribution is 2.30. The van der Waals surface area contributed by atoms with Crippen LogP contribution in [0.1, 0.15) is 40.0 Å². The Morgan fingerprint density at radius 3 is 2.61 bits per heavy atom. The average Bonchev–Trinajstić information content (AvgIpc) is 2.76. The molecule has 2 N–H and O–H groups in total. The molecule has 31 heavy (non-hydrogen) atoms. The second-order valence-electron chi connectivity index (χ2n) is 7.59.